The lowest BCUT2D eigenvalue weighted by Gasteiger charge is -1.96. The number of unbranched alkanes of at least 4 members (excludes halogenated alkanes) is 3. The Morgan fingerprint density at radius 3 is 2.36 bits per heavy atom. The Labute approximate surface area is 68.4 Å². The first kappa shape index (κ1) is 13.1. The lowest BCUT2D eigenvalue weighted by molar-refractivity contribution is 0.317. The van der Waals surface area contributed by atoms with Gasteiger partial charge in [0, 0.05) is 0 Å². The molecule has 0 aromatic heterocycles. The van der Waals surface area contributed by atoms with Gasteiger partial charge in [-0.25, -0.2) is 0 Å². The van der Waals surface area contributed by atoms with Crippen molar-refractivity contribution in [3.05, 3.63) is 0 Å². The number of nitrogens with zero attached hydrogens (tertiary/aromatic N) is 1. The number of oxime groups is 1. The van der Waals surface area contributed by atoms with Gasteiger partial charge in [0.15, 0.2) is 0 Å². The lowest BCUT2D eigenvalue weighted by Crippen LogP contribution is -1.90. The van der Waals surface area contributed by atoms with Gasteiger partial charge in [-0.2, -0.15) is 0 Å². The average Bonchev–Trinajstić information content (AvgIpc) is 1.98. The van der Waals surface area contributed by atoms with E-state index in [1.54, 1.807) is 0 Å². The van der Waals surface area contributed by atoms with E-state index in [0.717, 1.165) is 18.6 Å². The number of hydrogen-bond acceptors (Lipinski definition) is 2. The molecule has 0 saturated heterocycles. The van der Waals surface area contributed by atoms with Crippen molar-refractivity contribution in [2.75, 3.05) is 0 Å². The van der Waals surface area contributed by atoms with Crippen molar-refractivity contribution in [3.63, 3.8) is 0 Å². The van der Waals surface area contributed by atoms with Crippen LogP contribution in [0, 0.1) is 0 Å². The van der Waals surface area contributed by atoms with Crippen LogP contribution in [0.15, 0.2) is 5.16 Å². The van der Waals surface area contributed by atoms with Crippen LogP contribution in [0.3, 0.4) is 0 Å². The zero-order valence-electron chi connectivity index (χ0n) is 7.43. The van der Waals surface area contributed by atoms with Crippen LogP contribution in [0.4, 0.5) is 0 Å². The molecule has 0 saturated carbocycles. The molecule has 0 heterocycles. The van der Waals surface area contributed by atoms with Crippen LogP contribution in [0.1, 0.15) is 46.0 Å². The molecule has 0 aliphatic carbocycles. The van der Waals surface area contributed by atoms with Crippen molar-refractivity contribution >= 4 is 5.71 Å². The highest BCUT2D eigenvalue weighted by atomic mass is 16.4. The maximum absolute atomic E-state index is 8.28. The van der Waals surface area contributed by atoms with Gasteiger partial charge in [0.05, 0.1) is 5.71 Å². The highest BCUT2D eigenvalue weighted by molar-refractivity contribution is 5.81. The summed E-state index contributed by atoms with van der Waals surface area (Å²) >= 11 is 0. The molecule has 3 N–H and O–H groups in total. The highest BCUT2D eigenvalue weighted by Crippen LogP contribution is 2.02. The molecule has 0 atom stereocenters. The molecule has 11 heavy (non-hydrogen) atoms. The fourth-order valence-corrected chi connectivity index (χ4v) is 0.858. The van der Waals surface area contributed by atoms with Gasteiger partial charge in [0.2, 0.25) is 0 Å². The first-order chi connectivity index (χ1) is 4.81. The van der Waals surface area contributed by atoms with Gasteiger partial charge < -0.3 is 10.7 Å². The number of rotatable bonds is 5. The molecule has 0 spiro atoms. The molecule has 0 aromatic rings. The summed E-state index contributed by atoms with van der Waals surface area (Å²) in [5.41, 5.74) is 0.844. The molecule has 0 unspecified atom stereocenters. The topological polar surface area (TPSA) is 64.1 Å². The molecule has 0 amide bonds. The van der Waals surface area contributed by atoms with E-state index in [1.807, 2.05) is 6.92 Å². The third-order valence-electron chi connectivity index (χ3n) is 1.56. The van der Waals surface area contributed by atoms with Gasteiger partial charge in [0.1, 0.15) is 0 Å². The van der Waals surface area contributed by atoms with E-state index in [4.69, 9.17) is 5.21 Å². The Morgan fingerprint density at radius 1 is 1.27 bits per heavy atom. The highest BCUT2D eigenvalue weighted by Gasteiger charge is 1.91. The van der Waals surface area contributed by atoms with Crippen molar-refractivity contribution in [2.24, 2.45) is 5.16 Å². The summed E-state index contributed by atoms with van der Waals surface area (Å²) in [5.74, 6) is 0. The monoisotopic (exact) mass is 161 g/mol. The summed E-state index contributed by atoms with van der Waals surface area (Å²) in [6, 6.07) is 0. The maximum Gasteiger partial charge on any atom is 0.0540 e. The minimum atomic E-state index is 0. The van der Waals surface area contributed by atoms with E-state index >= 15 is 0 Å². The van der Waals surface area contributed by atoms with E-state index in [-0.39, 0.29) is 5.48 Å². The summed E-state index contributed by atoms with van der Waals surface area (Å²) in [4.78, 5) is 0. The summed E-state index contributed by atoms with van der Waals surface area (Å²) < 4.78 is 0. The van der Waals surface area contributed by atoms with E-state index in [2.05, 4.69) is 12.1 Å². The Bertz CT molecular complexity index is 102. The van der Waals surface area contributed by atoms with Crippen molar-refractivity contribution in [3.8, 4) is 0 Å². The molecule has 0 rings (SSSR count). The lowest BCUT2D eigenvalue weighted by atomic mass is 10.1. The van der Waals surface area contributed by atoms with Crippen LogP contribution in [0.5, 0.6) is 0 Å². The predicted molar refractivity (Wildman–Crippen MR) is 47.3 cm³/mol. The van der Waals surface area contributed by atoms with E-state index in [1.165, 1.54) is 19.3 Å². The molecule has 0 radical (unpaired) electrons. The van der Waals surface area contributed by atoms with Gasteiger partial charge in [-0.05, 0) is 19.8 Å². The first-order valence-electron chi connectivity index (χ1n) is 3.98. The second-order valence-corrected chi connectivity index (χ2v) is 2.65. The summed E-state index contributed by atoms with van der Waals surface area (Å²) in [6.07, 6.45) is 5.90. The zero-order valence-corrected chi connectivity index (χ0v) is 7.43. The quantitative estimate of drug-likeness (QED) is 0.285. The summed E-state index contributed by atoms with van der Waals surface area (Å²) in [5, 5.41) is 11.4. The molecule has 0 bridgehead atoms. The van der Waals surface area contributed by atoms with Crippen LogP contribution in [-0.2, 0) is 0 Å². The molecule has 3 nitrogen and oxygen atoms in total. The van der Waals surface area contributed by atoms with E-state index in [9.17, 15) is 0 Å². The molecule has 3 heteroatoms. The standard InChI is InChI=1S/C8H17NO.H2O/c1-3-4-5-6-7-8(2)9-10;/h10H,3-7H2,1-2H3;1H2/b9-8-;. The molecule has 0 aliphatic heterocycles. The largest absolute Gasteiger partial charge is 0.412 e. The third kappa shape index (κ3) is 9.43. The van der Waals surface area contributed by atoms with Gasteiger partial charge in [0.25, 0.3) is 0 Å². The Kier molecular flexibility index (Phi) is 11.2. The molecule has 68 valence electrons. The van der Waals surface area contributed by atoms with Crippen molar-refractivity contribution < 1.29 is 10.7 Å². The van der Waals surface area contributed by atoms with Gasteiger partial charge in [-0.15, -0.1) is 0 Å². The minimum absolute atomic E-state index is 0. The molecule has 0 aromatic carbocycles. The SMILES string of the molecule is CCCCCC/C(C)=N\O.O. The summed E-state index contributed by atoms with van der Waals surface area (Å²) in [6.45, 7) is 4.04. The number of hydrogen-bond donors (Lipinski definition) is 1. The first-order valence-corrected chi connectivity index (χ1v) is 3.98. The third-order valence-corrected chi connectivity index (χ3v) is 1.56. The fourth-order valence-electron chi connectivity index (χ4n) is 0.858. The molecular formula is C8H19NO2. The molecule has 0 aliphatic rings. The predicted octanol–water partition coefficient (Wildman–Crippen LogP) is 1.98. The van der Waals surface area contributed by atoms with Crippen LogP contribution in [-0.4, -0.2) is 16.4 Å². The van der Waals surface area contributed by atoms with Gasteiger partial charge in [-0.1, -0.05) is 31.3 Å². The second kappa shape index (κ2) is 9.43. The van der Waals surface area contributed by atoms with Crippen LogP contribution < -0.4 is 0 Å². The molecular weight excluding hydrogens is 142 g/mol. The average molecular weight is 161 g/mol. The van der Waals surface area contributed by atoms with Crippen LogP contribution in [0.2, 0.25) is 0 Å². The van der Waals surface area contributed by atoms with E-state index in [0.29, 0.717) is 0 Å². The van der Waals surface area contributed by atoms with Crippen LogP contribution in [0.25, 0.3) is 0 Å². The normalized spacial score (nSPS) is 10.9. The van der Waals surface area contributed by atoms with Crippen molar-refractivity contribution in [1.82, 2.24) is 0 Å². The fraction of sp³-hybridized carbons (Fsp3) is 0.875. The minimum Gasteiger partial charge on any atom is -0.412 e. The molecule has 0 fully saturated rings. The Hall–Kier alpha value is -0.570. The Balaban J connectivity index is 0. The Morgan fingerprint density at radius 2 is 1.91 bits per heavy atom. The van der Waals surface area contributed by atoms with Gasteiger partial charge in [-0.3, -0.25) is 0 Å². The van der Waals surface area contributed by atoms with Crippen molar-refractivity contribution in [1.29, 1.82) is 0 Å². The van der Waals surface area contributed by atoms with Crippen LogP contribution >= 0.6 is 0 Å². The maximum atomic E-state index is 8.28. The van der Waals surface area contributed by atoms with Crippen molar-refractivity contribution in [2.45, 2.75) is 46.0 Å². The zero-order chi connectivity index (χ0) is 7.82. The smallest absolute Gasteiger partial charge is 0.0540 e. The summed E-state index contributed by atoms with van der Waals surface area (Å²) in [7, 11) is 0. The van der Waals surface area contributed by atoms with Gasteiger partial charge >= 0.3 is 0 Å². The van der Waals surface area contributed by atoms with E-state index < -0.39 is 0 Å². The second-order valence-electron chi connectivity index (χ2n) is 2.65.